The second kappa shape index (κ2) is 11.0. The Bertz CT molecular complexity index is 553. The fraction of sp³-hybridized carbons (Fsp3) is 0.235. The van der Waals surface area contributed by atoms with E-state index in [2.05, 4.69) is 16.8 Å². The molecule has 0 unspecified atom stereocenters. The minimum Gasteiger partial charge on any atom is -0.244 e. The van der Waals surface area contributed by atoms with Crippen LogP contribution in [0.4, 0.5) is 4.39 Å². The van der Waals surface area contributed by atoms with Crippen LogP contribution in [-0.2, 0) is 0 Å². The van der Waals surface area contributed by atoms with Gasteiger partial charge in [0, 0.05) is 17.3 Å². The Morgan fingerprint density at radius 3 is 2.00 bits per heavy atom. The fourth-order valence-corrected chi connectivity index (χ4v) is 1.33. The number of benzene rings is 1. The summed E-state index contributed by atoms with van der Waals surface area (Å²) in [5.74, 6) is 5.57. The second-order valence-electron chi connectivity index (χ2n) is 3.12. The van der Waals surface area contributed by atoms with Crippen molar-refractivity contribution in [2.45, 2.75) is 27.7 Å². The summed E-state index contributed by atoms with van der Waals surface area (Å²) >= 11 is 5.72. The van der Waals surface area contributed by atoms with E-state index in [0.29, 0.717) is 5.15 Å². The van der Waals surface area contributed by atoms with Crippen LogP contribution in [0.5, 0.6) is 0 Å². The Labute approximate surface area is 125 Å². The van der Waals surface area contributed by atoms with Crippen molar-refractivity contribution >= 4 is 11.6 Å². The first-order valence-corrected chi connectivity index (χ1v) is 7.01. The molecule has 0 saturated heterocycles. The summed E-state index contributed by atoms with van der Waals surface area (Å²) in [5.41, 5.74) is 1.54. The molecule has 0 atom stereocenters. The lowest BCUT2D eigenvalue weighted by Crippen LogP contribution is -1.79. The van der Waals surface area contributed by atoms with Gasteiger partial charge in [-0.15, -0.1) is 0 Å². The third-order valence-electron chi connectivity index (χ3n) is 1.92. The highest BCUT2D eigenvalue weighted by Crippen LogP contribution is 2.06. The second-order valence-corrected chi connectivity index (χ2v) is 3.51. The monoisotopic (exact) mass is 291 g/mol. The molecule has 0 radical (unpaired) electrons. The average Bonchev–Trinajstić information content (AvgIpc) is 2.51. The third-order valence-corrected chi connectivity index (χ3v) is 2.13. The number of pyridine rings is 1. The zero-order chi connectivity index (χ0) is 15.4. The van der Waals surface area contributed by atoms with Gasteiger partial charge in [0.05, 0.1) is 0 Å². The Kier molecular flexibility index (Phi) is 10.00. The number of nitrogens with zero attached hydrogens (tertiary/aromatic N) is 1. The van der Waals surface area contributed by atoms with E-state index in [-0.39, 0.29) is 5.82 Å². The maximum Gasteiger partial charge on any atom is 0.130 e. The van der Waals surface area contributed by atoms with Crippen molar-refractivity contribution in [3.05, 3.63) is 64.7 Å². The Hall–Kier alpha value is -1.85. The van der Waals surface area contributed by atoms with Gasteiger partial charge in [-0.1, -0.05) is 51.1 Å². The van der Waals surface area contributed by atoms with Crippen LogP contribution in [0.3, 0.4) is 0 Å². The van der Waals surface area contributed by atoms with Crippen LogP contribution in [0.15, 0.2) is 42.6 Å². The molecule has 0 saturated carbocycles. The standard InChI is InChI=1S/C13H7ClFN.2C2H6/c14-13-9-11(7-8-16-13)2-1-10-3-5-12(15)6-4-10;2*1-2/h3-9H;2*1-2H3. The van der Waals surface area contributed by atoms with Crippen LogP contribution in [0, 0.1) is 17.7 Å². The molecule has 1 aromatic heterocycles. The van der Waals surface area contributed by atoms with Crippen molar-refractivity contribution in [3.8, 4) is 11.8 Å². The minimum absolute atomic E-state index is 0.266. The highest BCUT2D eigenvalue weighted by atomic mass is 35.5. The molecule has 0 spiro atoms. The van der Waals surface area contributed by atoms with E-state index in [4.69, 9.17) is 11.6 Å². The van der Waals surface area contributed by atoms with E-state index in [1.165, 1.54) is 12.1 Å². The average molecular weight is 292 g/mol. The fourth-order valence-electron chi connectivity index (χ4n) is 1.16. The molecule has 1 aromatic carbocycles. The predicted molar refractivity (Wildman–Crippen MR) is 84.3 cm³/mol. The lowest BCUT2D eigenvalue weighted by Gasteiger charge is -1.91. The Balaban J connectivity index is 0.000000829. The Morgan fingerprint density at radius 2 is 1.45 bits per heavy atom. The first-order valence-electron chi connectivity index (χ1n) is 6.63. The molecule has 0 aliphatic heterocycles. The van der Waals surface area contributed by atoms with Gasteiger partial charge in [-0.05, 0) is 36.4 Å². The van der Waals surface area contributed by atoms with Crippen LogP contribution in [0.2, 0.25) is 5.15 Å². The van der Waals surface area contributed by atoms with E-state index in [0.717, 1.165) is 11.1 Å². The summed E-state index contributed by atoms with van der Waals surface area (Å²) in [4.78, 5) is 3.85. The summed E-state index contributed by atoms with van der Waals surface area (Å²) in [6.07, 6.45) is 1.59. The highest BCUT2D eigenvalue weighted by molar-refractivity contribution is 6.29. The zero-order valence-electron chi connectivity index (χ0n) is 12.2. The van der Waals surface area contributed by atoms with E-state index in [1.807, 2.05) is 27.7 Å². The van der Waals surface area contributed by atoms with Crippen LogP contribution in [0.1, 0.15) is 38.8 Å². The first kappa shape index (κ1) is 18.1. The topological polar surface area (TPSA) is 12.9 Å². The molecule has 3 heteroatoms. The minimum atomic E-state index is -0.266. The normalized spacial score (nSPS) is 8.10. The van der Waals surface area contributed by atoms with Crippen molar-refractivity contribution in [2.75, 3.05) is 0 Å². The lowest BCUT2D eigenvalue weighted by molar-refractivity contribution is 0.627. The molecule has 106 valence electrons. The van der Waals surface area contributed by atoms with Crippen LogP contribution >= 0.6 is 11.6 Å². The quantitative estimate of drug-likeness (QED) is 0.472. The molecule has 0 fully saturated rings. The lowest BCUT2D eigenvalue weighted by atomic mass is 10.2. The molecule has 0 aliphatic rings. The molecule has 2 rings (SSSR count). The van der Waals surface area contributed by atoms with Gasteiger partial charge in [0.1, 0.15) is 11.0 Å². The summed E-state index contributed by atoms with van der Waals surface area (Å²) in [5, 5.41) is 0.408. The molecule has 1 heterocycles. The van der Waals surface area contributed by atoms with Crippen molar-refractivity contribution in [2.24, 2.45) is 0 Å². The summed E-state index contributed by atoms with van der Waals surface area (Å²) in [6.45, 7) is 8.00. The largest absolute Gasteiger partial charge is 0.244 e. The number of rotatable bonds is 0. The predicted octanol–water partition coefficient (Wildman–Crippen LogP) is 5.33. The molecule has 2 aromatic rings. The molecule has 0 N–H and O–H groups in total. The van der Waals surface area contributed by atoms with E-state index < -0.39 is 0 Å². The molecule has 20 heavy (non-hydrogen) atoms. The van der Waals surface area contributed by atoms with Gasteiger partial charge in [-0.3, -0.25) is 0 Å². The summed E-state index contributed by atoms with van der Waals surface area (Å²) in [7, 11) is 0. The number of hydrogen-bond acceptors (Lipinski definition) is 1. The van der Waals surface area contributed by atoms with Crippen molar-refractivity contribution < 1.29 is 4.39 Å². The maximum absolute atomic E-state index is 12.6. The summed E-state index contributed by atoms with van der Waals surface area (Å²) < 4.78 is 12.6. The molecule has 0 aliphatic carbocycles. The molecular weight excluding hydrogens is 273 g/mol. The van der Waals surface area contributed by atoms with E-state index in [9.17, 15) is 4.39 Å². The smallest absolute Gasteiger partial charge is 0.130 e. The van der Waals surface area contributed by atoms with Gasteiger partial charge in [-0.25, -0.2) is 9.37 Å². The SMILES string of the molecule is CC.CC.Fc1ccc(C#Cc2ccnc(Cl)c2)cc1. The summed E-state index contributed by atoms with van der Waals surface area (Å²) in [6, 6.07) is 9.46. The highest BCUT2D eigenvalue weighted by Gasteiger charge is 1.91. The molecular formula is C17H19ClFN. The van der Waals surface area contributed by atoms with Crippen molar-refractivity contribution in [1.82, 2.24) is 4.98 Å². The number of hydrogen-bond donors (Lipinski definition) is 0. The van der Waals surface area contributed by atoms with E-state index >= 15 is 0 Å². The van der Waals surface area contributed by atoms with Crippen molar-refractivity contribution in [3.63, 3.8) is 0 Å². The van der Waals surface area contributed by atoms with E-state index in [1.54, 1.807) is 30.5 Å². The van der Waals surface area contributed by atoms with Gasteiger partial charge in [-0.2, -0.15) is 0 Å². The van der Waals surface area contributed by atoms with Crippen LogP contribution in [-0.4, -0.2) is 4.98 Å². The maximum atomic E-state index is 12.6. The van der Waals surface area contributed by atoms with Gasteiger partial charge in [0.25, 0.3) is 0 Å². The van der Waals surface area contributed by atoms with Crippen LogP contribution in [0.25, 0.3) is 0 Å². The zero-order valence-corrected chi connectivity index (χ0v) is 13.0. The molecule has 0 bridgehead atoms. The Morgan fingerprint density at radius 1 is 0.900 bits per heavy atom. The number of aromatic nitrogens is 1. The molecule has 0 amide bonds. The van der Waals surface area contributed by atoms with Crippen LogP contribution < -0.4 is 0 Å². The van der Waals surface area contributed by atoms with Gasteiger partial charge < -0.3 is 0 Å². The van der Waals surface area contributed by atoms with Gasteiger partial charge in [0.15, 0.2) is 0 Å². The molecule has 1 nitrogen and oxygen atoms in total. The van der Waals surface area contributed by atoms with Gasteiger partial charge in [0.2, 0.25) is 0 Å². The first-order chi connectivity index (χ1) is 9.74. The third kappa shape index (κ3) is 6.92. The van der Waals surface area contributed by atoms with Crippen molar-refractivity contribution in [1.29, 1.82) is 0 Å². The number of halogens is 2. The van der Waals surface area contributed by atoms with Gasteiger partial charge >= 0.3 is 0 Å².